The van der Waals surface area contributed by atoms with Gasteiger partial charge in [0.25, 0.3) is 5.91 Å². The van der Waals surface area contributed by atoms with Gasteiger partial charge in [0.1, 0.15) is 5.69 Å². The lowest BCUT2D eigenvalue weighted by Crippen LogP contribution is -2.36. The second-order valence-corrected chi connectivity index (χ2v) is 5.17. The van der Waals surface area contributed by atoms with Crippen LogP contribution in [0.15, 0.2) is 18.3 Å². The summed E-state index contributed by atoms with van der Waals surface area (Å²) in [6.45, 7) is 2.78. The van der Waals surface area contributed by atoms with Gasteiger partial charge in [-0.1, -0.05) is 6.07 Å². The van der Waals surface area contributed by atoms with Gasteiger partial charge in [-0.05, 0) is 44.2 Å². The zero-order valence-corrected chi connectivity index (χ0v) is 11.5. The quantitative estimate of drug-likeness (QED) is 0.785. The van der Waals surface area contributed by atoms with Crippen molar-refractivity contribution in [3.05, 3.63) is 29.6 Å². The monoisotopic (exact) mass is 266 g/mol. The SMILES string of the molecule is Cc1cccnc1C(=O)N1CCCC1CCCCl. The maximum absolute atomic E-state index is 12.5. The summed E-state index contributed by atoms with van der Waals surface area (Å²) >= 11 is 5.73. The molecule has 1 fully saturated rings. The van der Waals surface area contributed by atoms with E-state index in [4.69, 9.17) is 11.6 Å². The van der Waals surface area contributed by atoms with E-state index >= 15 is 0 Å². The normalized spacial score (nSPS) is 19.2. The van der Waals surface area contributed by atoms with Crippen molar-refractivity contribution in [1.29, 1.82) is 0 Å². The summed E-state index contributed by atoms with van der Waals surface area (Å²) in [5.41, 5.74) is 1.54. The van der Waals surface area contributed by atoms with E-state index < -0.39 is 0 Å². The Morgan fingerprint density at radius 1 is 1.61 bits per heavy atom. The predicted octanol–water partition coefficient (Wildman–Crippen LogP) is 3.01. The standard InChI is InChI=1S/C14H19ClN2O/c1-11-5-3-9-16-13(11)14(18)17-10-4-7-12(17)6-2-8-15/h3,5,9,12H,2,4,6-8,10H2,1H3. The molecule has 1 aromatic rings. The average Bonchev–Trinajstić information content (AvgIpc) is 2.84. The molecule has 2 rings (SSSR count). The van der Waals surface area contributed by atoms with Gasteiger partial charge in [0.05, 0.1) is 0 Å². The third-order valence-corrected chi connectivity index (χ3v) is 3.79. The van der Waals surface area contributed by atoms with Crippen molar-refractivity contribution in [3.63, 3.8) is 0 Å². The van der Waals surface area contributed by atoms with Crippen LogP contribution in [-0.2, 0) is 0 Å². The molecule has 4 heteroatoms. The molecule has 0 aromatic carbocycles. The highest BCUT2D eigenvalue weighted by Gasteiger charge is 2.30. The van der Waals surface area contributed by atoms with E-state index in [0.29, 0.717) is 17.6 Å². The lowest BCUT2D eigenvalue weighted by molar-refractivity contribution is 0.0723. The lowest BCUT2D eigenvalue weighted by atomic mass is 10.1. The molecular weight excluding hydrogens is 248 g/mol. The minimum atomic E-state index is 0.0742. The van der Waals surface area contributed by atoms with Crippen molar-refractivity contribution in [2.24, 2.45) is 0 Å². The third kappa shape index (κ3) is 2.83. The minimum absolute atomic E-state index is 0.0742. The molecule has 0 aliphatic carbocycles. The fourth-order valence-corrected chi connectivity index (χ4v) is 2.72. The fraction of sp³-hybridized carbons (Fsp3) is 0.571. The van der Waals surface area contributed by atoms with Crippen LogP contribution in [0.5, 0.6) is 0 Å². The second kappa shape index (κ2) is 6.19. The molecule has 0 N–H and O–H groups in total. The van der Waals surface area contributed by atoms with Crippen LogP contribution in [0.25, 0.3) is 0 Å². The first-order chi connectivity index (χ1) is 8.74. The van der Waals surface area contributed by atoms with Gasteiger partial charge in [-0.15, -0.1) is 11.6 Å². The zero-order valence-electron chi connectivity index (χ0n) is 10.7. The summed E-state index contributed by atoms with van der Waals surface area (Å²) < 4.78 is 0. The van der Waals surface area contributed by atoms with E-state index in [-0.39, 0.29) is 5.91 Å². The summed E-state index contributed by atoms with van der Waals surface area (Å²) in [5, 5.41) is 0. The Kier molecular flexibility index (Phi) is 4.59. The molecule has 1 aliphatic rings. The van der Waals surface area contributed by atoms with Crippen molar-refractivity contribution in [1.82, 2.24) is 9.88 Å². The molecule has 98 valence electrons. The van der Waals surface area contributed by atoms with E-state index in [9.17, 15) is 4.79 Å². The maximum Gasteiger partial charge on any atom is 0.272 e. The van der Waals surface area contributed by atoms with Crippen LogP contribution < -0.4 is 0 Å². The molecule has 1 aliphatic heterocycles. The van der Waals surface area contributed by atoms with E-state index in [1.807, 2.05) is 24.0 Å². The maximum atomic E-state index is 12.5. The number of hydrogen-bond acceptors (Lipinski definition) is 2. The molecule has 1 saturated heterocycles. The molecule has 1 aromatic heterocycles. The highest BCUT2D eigenvalue weighted by atomic mass is 35.5. The van der Waals surface area contributed by atoms with Crippen LogP contribution in [0, 0.1) is 6.92 Å². The number of carbonyl (C=O) groups is 1. The summed E-state index contributed by atoms with van der Waals surface area (Å²) in [7, 11) is 0. The molecule has 0 saturated carbocycles. The van der Waals surface area contributed by atoms with Gasteiger partial charge >= 0.3 is 0 Å². The Hall–Kier alpha value is -1.09. The first kappa shape index (κ1) is 13.3. The van der Waals surface area contributed by atoms with Crippen LogP contribution in [0.4, 0.5) is 0 Å². The largest absolute Gasteiger partial charge is 0.334 e. The molecule has 18 heavy (non-hydrogen) atoms. The van der Waals surface area contributed by atoms with Crippen molar-refractivity contribution >= 4 is 17.5 Å². The predicted molar refractivity (Wildman–Crippen MR) is 73.0 cm³/mol. The summed E-state index contributed by atoms with van der Waals surface area (Å²) in [6.07, 6.45) is 5.83. The lowest BCUT2D eigenvalue weighted by Gasteiger charge is -2.24. The van der Waals surface area contributed by atoms with Crippen molar-refractivity contribution in [2.45, 2.75) is 38.6 Å². The highest BCUT2D eigenvalue weighted by Crippen LogP contribution is 2.24. The summed E-state index contributed by atoms with van der Waals surface area (Å²) in [5.74, 6) is 0.742. The van der Waals surface area contributed by atoms with Crippen molar-refractivity contribution in [3.8, 4) is 0 Å². The van der Waals surface area contributed by atoms with Crippen LogP contribution >= 0.6 is 11.6 Å². The average molecular weight is 267 g/mol. The molecular formula is C14H19ClN2O. The number of aryl methyl sites for hydroxylation is 1. The zero-order chi connectivity index (χ0) is 13.0. The number of amides is 1. The topological polar surface area (TPSA) is 33.2 Å². The number of likely N-dealkylation sites (tertiary alicyclic amines) is 1. The van der Waals surface area contributed by atoms with Gasteiger partial charge in [0.15, 0.2) is 0 Å². The van der Waals surface area contributed by atoms with E-state index in [2.05, 4.69) is 4.98 Å². The number of carbonyl (C=O) groups excluding carboxylic acids is 1. The first-order valence-corrected chi connectivity index (χ1v) is 7.06. The number of hydrogen-bond donors (Lipinski definition) is 0. The molecule has 0 spiro atoms. The van der Waals surface area contributed by atoms with Crippen LogP contribution in [0.1, 0.15) is 41.7 Å². The van der Waals surface area contributed by atoms with Gasteiger partial charge in [-0.3, -0.25) is 9.78 Å². The number of alkyl halides is 1. The smallest absolute Gasteiger partial charge is 0.272 e. The summed E-state index contributed by atoms with van der Waals surface area (Å²) in [4.78, 5) is 18.7. The molecule has 1 atom stereocenters. The van der Waals surface area contributed by atoms with Gasteiger partial charge in [0.2, 0.25) is 0 Å². The Morgan fingerprint density at radius 2 is 2.44 bits per heavy atom. The number of halogens is 1. The van der Waals surface area contributed by atoms with E-state index in [1.54, 1.807) is 6.20 Å². The number of nitrogens with zero attached hydrogens (tertiary/aromatic N) is 2. The molecule has 1 amide bonds. The minimum Gasteiger partial charge on any atom is -0.334 e. The van der Waals surface area contributed by atoms with Crippen LogP contribution in [0.2, 0.25) is 0 Å². The van der Waals surface area contributed by atoms with Crippen molar-refractivity contribution in [2.75, 3.05) is 12.4 Å². The number of rotatable bonds is 4. The Balaban J connectivity index is 2.10. The Labute approximate surface area is 113 Å². The highest BCUT2D eigenvalue weighted by molar-refractivity contribution is 6.17. The first-order valence-electron chi connectivity index (χ1n) is 6.52. The molecule has 2 heterocycles. The summed E-state index contributed by atoms with van der Waals surface area (Å²) in [6, 6.07) is 4.14. The van der Waals surface area contributed by atoms with E-state index in [1.165, 1.54) is 0 Å². The van der Waals surface area contributed by atoms with Crippen molar-refractivity contribution < 1.29 is 4.79 Å². The van der Waals surface area contributed by atoms with E-state index in [0.717, 1.165) is 37.8 Å². The van der Waals surface area contributed by atoms with Gasteiger partial charge < -0.3 is 4.90 Å². The molecule has 0 radical (unpaired) electrons. The van der Waals surface area contributed by atoms with Gasteiger partial charge in [0, 0.05) is 24.7 Å². The Morgan fingerprint density at radius 3 is 3.17 bits per heavy atom. The number of pyridine rings is 1. The molecule has 3 nitrogen and oxygen atoms in total. The van der Waals surface area contributed by atoms with Gasteiger partial charge in [-0.2, -0.15) is 0 Å². The van der Waals surface area contributed by atoms with Crippen LogP contribution in [0.3, 0.4) is 0 Å². The Bertz CT molecular complexity index is 422. The third-order valence-electron chi connectivity index (χ3n) is 3.52. The molecule has 0 bridgehead atoms. The van der Waals surface area contributed by atoms with Crippen LogP contribution in [-0.4, -0.2) is 34.3 Å². The fourth-order valence-electron chi connectivity index (χ4n) is 2.56. The second-order valence-electron chi connectivity index (χ2n) is 4.79. The molecule has 1 unspecified atom stereocenters. The van der Waals surface area contributed by atoms with Gasteiger partial charge in [-0.25, -0.2) is 0 Å². The number of aromatic nitrogens is 1.